The Balaban J connectivity index is 2.40. The molecule has 0 spiro atoms. The monoisotopic (exact) mass is 91.0 g/mol. The van der Waals surface area contributed by atoms with Crippen LogP contribution in [0.25, 0.3) is 0 Å². The van der Waals surface area contributed by atoms with Crippen molar-refractivity contribution in [1.29, 1.82) is 0 Å². The van der Waals surface area contributed by atoms with E-state index in [9.17, 15) is 9.67 Å². The van der Waals surface area contributed by atoms with Crippen LogP contribution < -0.4 is 0 Å². The summed E-state index contributed by atoms with van der Waals surface area (Å²) in [7, 11) is -0.0328. The zero-order chi connectivity index (χ0) is 4.12. The summed E-state index contributed by atoms with van der Waals surface area (Å²) in [6, 6.07) is 0. The second-order valence-electron chi connectivity index (χ2n) is 0.557. The summed E-state index contributed by atoms with van der Waals surface area (Å²) in [6.07, 6.45) is 0.250. The van der Waals surface area contributed by atoms with E-state index in [1.165, 1.54) is 0 Å². The van der Waals surface area contributed by atoms with Gasteiger partial charge in [-0.3, -0.25) is 4.57 Å². The van der Waals surface area contributed by atoms with E-state index in [-0.39, 0.29) is 21.2 Å². The second-order valence-corrected chi connectivity index (χ2v) is 1.26. The van der Waals surface area contributed by atoms with Gasteiger partial charge in [0.15, 0.2) is 8.46 Å². The largest absolute Gasteiger partial charge is 0.275 e. The molecule has 0 N–H and O–H groups in total. The van der Waals surface area contributed by atoms with Crippen LogP contribution in [0.2, 0.25) is 0 Å². The Morgan fingerprint density at radius 1 is 1.60 bits per heavy atom. The topological polar surface area (TPSA) is 37.0 Å². The molecule has 29 valence electrons. The molecule has 0 unspecified atom stereocenters. The molecule has 0 amide bonds. The molecule has 0 atom stereocenters. The van der Waals surface area contributed by atoms with E-state index < -0.39 is 0 Å². The first-order valence-electron chi connectivity index (χ1n) is 1.29. The molecule has 0 aromatic heterocycles. The minimum absolute atomic E-state index is 0.0328. The van der Waals surface area contributed by atoms with Crippen molar-refractivity contribution in [2.45, 2.75) is 0 Å². The summed E-state index contributed by atoms with van der Waals surface area (Å²) in [6.45, 7) is -0.231. The predicted octanol–water partition coefficient (Wildman–Crippen LogP) is 0.709. The van der Waals surface area contributed by atoms with Crippen LogP contribution in [0.3, 0.4) is 0 Å². The van der Waals surface area contributed by atoms with Crippen molar-refractivity contribution in [2.24, 2.45) is 0 Å². The molecule has 0 aromatic rings. The molecule has 5 heavy (non-hydrogen) atoms. The van der Waals surface area contributed by atoms with Gasteiger partial charge in [0, 0.05) is 0 Å². The van der Waals surface area contributed by atoms with Gasteiger partial charge in [-0.2, -0.15) is 0 Å². The summed E-state index contributed by atoms with van der Waals surface area (Å²) in [5, 5.41) is 9.32. The maximum atomic E-state index is 9.32. The highest BCUT2D eigenvalue weighted by Crippen LogP contribution is 1.84. The molecule has 3 heteroatoms. The average Bonchev–Trinajstić information content (AvgIpc) is 1.41. The van der Waals surface area contributed by atoms with E-state index in [2.05, 4.69) is 0 Å². The van der Waals surface area contributed by atoms with Crippen LogP contribution in [0.1, 0.15) is 0 Å². The van der Waals surface area contributed by atoms with E-state index in [0.29, 0.717) is 0 Å². The van der Waals surface area contributed by atoms with Crippen molar-refractivity contribution < 1.29 is 9.67 Å². The first kappa shape index (κ1) is 5.06. The van der Waals surface area contributed by atoms with Gasteiger partial charge in [-0.25, -0.2) is 5.11 Å². The van der Waals surface area contributed by atoms with Gasteiger partial charge in [0.2, 0.25) is 0 Å². The Kier molecular flexibility index (Phi) is 4.11. The molecule has 0 heterocycles. The molecular weight excluding hydrogens is 87.0 g/mol. The molecule has 0 aromatic carbocycles. The zero-order valence-electron chi connectivity index (χ0n) is 2.68. The van der Waals surface area contributed by atoms with E-state index in [4.69, 9.17) is 0 Å². The Labute approximate surface area is 32.0 Å². The molecule has 0 saturated heterocycles. The lowest BCUT2D eigenvalue weighted by atomic mass is 10.9. The van der Waals surface area contributed by atoms with E-state index in [1.54, 1.807) is 0 Å². The maximum absolute atomic E-state index is 9.32. The van der Waals surface area contributed by atoms with E-state index in [0.717, 1.165) is 0 Å². The fraction of sp³-hybridized carbons (Fsp3) is 1.00. The SMILES string of the molecule is [O]CCP=O. The fourth-order valence-electron chi connectivity index (χ4n) is 0.0373. The third-order valence-electron chi connectivity index (χ3n) is 0.183. The van der Waals surface area contributed by atoms with Gasteiger partial charge >= 0.3 is 0 Å². The molecule has 0 rings (SSSR count). The van der Waals surface area contributed by atoms with Gasteiger partial charge in [0.1, 0.15) is 0 Å². The van der Waals surface area contributed by atoms with Gasteiger partial charge < -0.3 is 0 Å². The maximum Gasteiger partial charge on any atom is 0.157 e. The molecule has 0 aliphatic rings. The Morgan fingerprint density at radius 2 is 2.20 bits per heavy atom. The quantitative estimate of drug-likeness (QED) is 0.461. The van der Waals surface area contributed by atoms with Crippen LogP contribution in [0.4, 0.5) is 0 Å². The second kappa shape index (κ2) is 4.06. The zero-order valence-corrected chi connectivity index (χ0v) is 3.57. The van der Waals surface area contributed by atoms with Gasteiger partial charge in [-0.15, -0.1) is 0 Å². The molecule has 0 bridgehead atoms. The number of hydrogen-bond donors (Lipinski definition) is 0. The average molecular weight is 91.0 g/mol. The lowest BCUT2D eigenvalue weighted by molar-refractivity contribution is 0.214. The highest BCUT2D eigenvalue weighted by atomic mass is 31.1. The van der Waals surface area contributed by atoms with Crippen molar-refractivity contribution in [2.75, 3.05) is 12.8 Å². The van der Waals surface area contributed by atoms with Gasteiger partial charge in [-0.05, 0) is 0 Å². The summed E-state index contributed by atoms with van der Waals surface area (Å²) in [5.41, 5.74) is 0. The van der Waals surface area contributed by atoms with Gasteiger partial charge in [0.05, 0.1) is 12.8 Å². The molecule has 0 saturated carbocycles. The molecule has 2 nitrogen and oxygen atoms in total. The minimum Gasteiger partial charge on any atom is -0.275 e. The summed E-state index contributed by atoms with van der Waals surface area (Å²) in [5.74, 6) is 0. The van der Waals surface area contributed by atoms with E-state index >= 15 is 0 Å². The van der Waals surface area contributed by atoms with Crippen LogP contribution in [-0.2, 0) is 9.67 Å². The molecule has 1 radical (unpaired) electrons. The summed E-state index contributed by atoms with van der Waals surface area (Å²) in [4.78, 5) is 0. The van der Waals surface area contributed by atoms with Crippen LogP contribution in [0, 0.1) is 0 Å². The minimum atomic E-state index is -0.231. The van der Waals surface area contributed by atoms with Crippen molar-refractivity contribution in [3.05, 3.63) is 0 Å². The summed E-state index contributed by atoms with van der Waals surface area (Å²) < 4.78 is 9.30. The Morgan fingerprint density at radius 3 is 2.20 bits per heavy atom. The van der Waals surface area contributed by atoms with Crippen molar-refractivity contribution in [1.82, 2.24) is 0 Å². The smallest absolute Gasteiger partial charge is 0.157 e. The van der Waals surface area contributed by atoms with Crippen LogP contribution in [0.15, 0.2) is 0 Å². The highest BCUT2D eigenvalue weighted by Gasteiger charge is 1.72. The Bertz CT molecular complexity index is 28.8. The Hall–Kier alpha value is 0.0600. The van der Waals surface area contributed by atoms with Crippen LogP contribution >= 0.6 is 8.46 Å². The molecule has 0 fully saturated rings. The van der Waals surface area contributed by atoms with Gasteiger partial charge in [0.25, 0.3) is 0 Å². The van der Waals surface area contributed by atoms with Gasteiger partial charge in [-0.1, -0.05) is 0 Å². The highest BCUT2D eigenvalue weighted by molar-refractivity contribution is 7.23. The van der Waals surface area contributed by atoms with Crippen LogP contribution in [-0.4, -0.2) is 12.8 Å². The normalized spacial score (nSPS) is 9.00. The first-order chi connectivity index (χ1) is 2.41. The number of rotatable bonds is 2. The summed E-state index contributed by atoms with van der Waals surface area (Å²) >= 11 is 0. The first-order valence-corrected chi connectivity index (χ1v) is 2.29. The lowest BCUT2D eigenvalue weighted by Crippen LogP contribution is -1.73. The van der Waals surface area contributed by atoms with Crippen LogP contribution in [0.5, 0.6) is 0 Å². The fourth-order valence-corrected chi connectivity index (χ4v) is 0.112. The molecular formula is C2H4O2P. The molecule has 0 aliphatic carbocycles. The lowest BCUT2D eigenvalue weighted by Gasteiger charge is -1.63. The van der Waals surface area contributed by atoms with E-state index in [1.807, 2.05) is 0 Å². The predicted molar refractivity (Wildman–Crippen MR) is 18.0 cm³/mol. The molecule has 0 aliphatic heterocycles. The third kappa shape index (κ3) is 4.06. The number of hydrogen-bond acceptors (Lipinski definition) is 1. The standard InChI is InChI=1S/C2H4O2P/c3-1-2-5-4/h1-2H2. The van der Waals surface area contributed by atoms with Crippen molar-refractivity contribution in [3.63, 3.8) is 0 Å². The third-order valence-corrected chi connectivity index (χ3v) is 0.548. The van der Waals surface area contributed by atoms with Crippen molar-refractivity contribution >= 4 is 8.46 Å². The van der Waals surface area contributed by atoms with Crippen molar-refractivity contribution in [3.8, 4) is 0 Å².